The van der Waals surface area contributed by atoms with E-state index in [4.69, 9.17) is 23.7 Å². The van der Waals surface area contributed by atoms with Crippen LogP contribution in [0.3, 0.4) is 0 Å². The summed E-state index contributed by atoms with van der Waals surface area (Å²) >= 11 is 0. The number of aliphatic hydroxyl groups excluding tert-OH is 2. The molecule has 1 aliphatic heterocycles. The second-order valence-corrected chi connectivity index (χ2v) is 18.1. The Kier molecular flexibility index (Phi) is 12.6. The highest BCUT2D eigenvalue weighted by atomic mass is 19.4. The van der Waals surface area contributed by atoms with Gasteiger partial charge < -0.3 is 44.3 Å². The second-order valence-electron chi connectivity index (χ2n) is 18.1. The lowest BCUT2D eigenvalue weighted by Gasteiger charge is -2.67. The predicted octanol–water partition coefficient (Wildman–Crippen LogP) is 4.75. The van der Waals surface area contributed by atoms with Gasteiger partial charge in [0.15, 0.2) is 23.6 Å². The second kappa shape index (κ2) is 17.4. The summed E-state index contributed by atoms with van der Waals surface area (Å²) in [7, 11) is 0. The molecule has 3 aromatic carbocycles. The quantitative estimate of drug-likeness (QED) is 0.123. The Labute approximate surface area is 377 Å². The molecule has 0 spiro atoms. The van der Waals surface area contributed by atoms with Crippen LogP contribution in [0.15, 0.2) is 96.1 Å². The molecule has 3 fully saturated rings. The standard InChI is InChI=1S/C48H50F3NO14/c1-24-31(64-43(60)36(56)35(27-13-9-7-10-14-27)52-41(58)28-17-19-30(20-18-28)48(49,50)51)22-47(61)40(65-42(59)29-15-11-8-12-16-29)38-45(6,32(55)21-33-46(38,23-62-33)66-26(3)54)39(57)37(63-25(2)53)34(24)44(47,4)5/h7-20,31-33,35-38,40,55-56,61H,21-23H2,1-6H3,(H,52,58)/t31-,32-,33+,35-,36+,37+,38?,40-,45+,46-,47+/m0/s1. The van der Waals surface area contributed by atoms with Gasteiger partial charge >= 0.3 is 30.1 Å². The summed E-state index contributed by atoms with van der Waals surface area (Å²) in [6, 6.07) is 17.0. The van der Waals surface area contributed by atoms with Crippen molar-refractivity contribution >= 4 is 35.6 Å². The van der Waals surface area contributed by atoms with Crippen molar-refractivity contribution in [2.24, 2.45) is 16.7 Å². The highest BCUT2D eigenvalue weighted by Gasteiger charge is 2.78. The summed E-state index contributed by atoms with van der Waals surface area (Å²) in [5.74, 6) is -7.64. The van der Waals surface area contributed by atoms with Gasteiger partial charge in [0.25, 0.3) is 5.91 Å². The van der Waals surface area contributed by atoms with Crippen LogP contribution in [0.25, 0.3) is 0 Å². The Morgan fingerprint density at radius 1 is 0.848 bits per heavy atom. The van der Waals surface area contributed by atoms with Crippen LogP contribution < -0.4 is 5.32 Å². The lowest BCUT2D eigenvalue weighted by molar-refractivity contribution is -0.346. The van der Waals surface area contributed by atoms with Gasteiger partial charge in [-0.15, -0.1) is 0 Å². The van der Waals surface area contributed by atoms with Crippen LogP contribution >= 0.6 is 0 Å². The van der Waals surface area contributed by atoms with Gasteiger partial charge in [-0.2, -0.15) is 13.2 Å². The van der Waals surface area contributed by atoms with E-state index in [-0.39, 0.29) is 40.9 Å². The summed E-state index contributed by atoms with van der Waals surface area (Å²) in [5.41, 5.74) is -9.21. The van der Waals surface area contributed by atoms with Crippen molar-refractivity contribution in [3.63, 3.8) is 0 Å². The Bertz CT molecular complexity index is 2440. The molecule has 0 aromatic heterocycles. The third-order valence-electron chi connectivity index (χ3n) is 13.9. The first-order chi connectivity index (χ1) is 30.9. The Hall–Kier alpha value is -5.95. The first-order valence-corrected chi connectivity index (χ1v) is 21.2. The molecule has 15 nitrogen and oxygen atoms in total. The first kappa shape index (κ1) is 48.0. The number of ketones is 1. The summed E-state index contributed by atoms with van der Waals surface area (Å²) in [6.07, 6.45) is -15.9. The number of ether oxygens (including phenoxy) is 5. The van der Waals surface area contributed by atoms with Crippen LogP contribution in [0.2, 0.25) is 0 Å². The summed E-state index contributed by atoms with van der Waals surface area (Å²) in [6.45, 7) is 7.60. The molecule has 1 unspecified atom stereocenters. The van der Waals surface area contributed by atoms with E-state index in [1.807, 2.05) is 0 Å². The van der Waals surface area contributed by atoms with Gasteiger partial charge in [-0.1, -0.05) is 62.4 Å². The number of alkyl halides is 3. The van der Waals surface area contributed by atoms with Gasteiger partial charge in [0.2, 0.25) is 0 Å². The molecule has 4 aliphatic rings. The van der Waals surface area contributed by atoms with Crippen molar-refractivity contribution in [3.8, 4) is 0 Å². The van der Waals surface area contributed by atoms with Gasteiger partial charge in [-0.05, 0) is 67.0 Å². The molecule has 0 radical (unpaired) electrons. The normalized spacial score (nSPS) is 30.9. The number of carbonyl (C=O) groups is 6. The van der Waals surface area contributed by atoms with E-state index in [1.165, 1.54) is 52.0 Å². The minimum absolute atomic E-state index is 0.0187. The molecule has 18 heteroatoms. The number of fused-ring (bicyclic) bond motifs is 5. The first-order valence-electron chi connectivity index (χ1n) is 21.2. The van der Waals surface area contributed by atoms with Crippen LogP contribution in [-0.4, -0.2) is 105 Å². The minimum atomic E-state index is -4.68. The Balaban J connectivity index is 1.35. The van der Waals surface area contributed by atoms with E-state index >= 15 is 4.79 Å². The fourth-order valence-electron chi connectivity index (χ4n) is 10.4. The lowest BCUT2D eigenvalue weighted by Crippen LogP contribution is -2.82. The molecular weight excluding hydrogens is 872 g/mol. The van der Waals surface area contributed by atoms with Gasteiger partial charge in [-0.25, -0.2) is 9.59 Å². The molecule has 1 heterocycles. The molecule has 1 amide bonds. The lowest BCUT2D eigenvalue weighted by atomic mass is 9.44. The van der Waals surface area contributed by atoms with E-state index in [2.05, 4.69) is 5.32 Å². The maximum absolute atomic E-state index is 15.5. The van der Waals surface area contributed by atoms with Crippen molar-refractivity contribution in [3.05, 3.63) is 118 Å². The van der Waals surface area contributed by atoms with Crippen molar-refractivity contribution in [1.29, 1.82) is 0 Å². The smallest absolute Gasteiger partial charge is 0.416 e. The fraction of sp³-hybridized carbons (Fsp3) is 0.458. The molecule has 1 saturated heterocycles. The predicted molar refractivity (Wildman–Crippen MR) is 223 cm³/mol. The molecule has 7 rings (SSSR count). The molecule has 2 bridgehead atoms. The molecule has 3 aromatic rings. The number of rotatable bonds is 10. The highest BCUT2D eigenvalue weighted by molar-refractivity contribution is 5.96. The van der Waals surface area contributed by atoms with E-state index < -0.39 is 124 Å². The molecule has 2 saturated carbocycles. The van der Waals surface area contributed by atoms with Crippen molar-refractivity contribution in [2.75, 3.05) is 6.61 Å². The third kappa shape index (κ3) is 8.07. The van der Waals surface area contributed by atoms with Gasteiger partial charge in [0.05, 0.1) is 41.2 Å². The van der Waals surface area contributed by atoms with Gasteiger partial charge in [0.1, 0.15) is 23.9 Å². The van der Waals surface area contributed by atoms with E-state index in [0.29, 0.717) is 12.1 Å². The summed E-state index contributed by atoms with van der Waals surface area (Å²) in [4.78, 5) is 83.6. The maximum Gasteiger partial charge on any atom is 0.416 e. The number of hydrogen-bond acceptors (Lipinski definition) is 14. The van der Waals surface area contributed by atoms with Crippen molar-refractivity contribution < 1.29 is 80.9 Å². The maximum atomic E-state index is 15.5. The number of halogens is 3. The SMILES string of the molecule is CC(=O)O[C@H]1C(=O)[C@@]2(C)C([C@H](OC(=O)c3ccccc3)[C@]3(O)C[C@H](OC(=O)[C@H](O)[C@@H](NC(=O)c4ccc(C(F)(F)F)cc4)c4ccccc4)C(C)=C1C3(C)C)[C@]1(OC(C)=O)CO[C@@H]1C[C@@H]2O. The molecular formula is C48H50F3NO14. The van der Waals surface area contributed by atoms with Crippen LogP contribution in [0.5, 0.6) is 0 Å². The van der Waals surface area contributed by atoms with Crippen LogP contribution in [-0.2, 0) is 49.0 Å². The number of nitrogens with one attached hydrogen (secondary N) is 1. The highest BCUT2D eigenvalue weighted by Crippen LogP contribution is 2.64. The Morgan fingerprint density at radius 3 is 2.00 bits per heavy atom. The summed E-state index contributed by atoms with van der Waals surface area (Å²) < 4.78 is 70.0. The number of amides is 1. The van der Waals surface area contributed by atoms with Crippen molar-refractivity contribution in [1.82, 2.24) is 5.32 Å². The van der Waals surface area contributed by atoms with E-state index in [1.54, 1.807) is 36.4 Å². The zero-order chi connectivity index (χ0) is 48.3. The average Bonchev–Trinajstić information content (AvgIpc) is 3.26. The summed E-state index contributed by atoms with van der Waals surface area (Å²) in [5, 5.41) is 40.0. The number of Topliss-reactive ketones (excluding diaryl/α,β-unsaturated/α-hetero) is 1. The third-order valence-corrected chi connectivity index (χ3v) is 13.9. The van der Waals surface area contributed by atoms with Gasteiger partial charge in [0, 0.05) is 37.7 Å². The van der Waals surface area contributed by atoms with Crippen LogP contribution in [0, 0.1) is 16.7 Å². The largest absolute Gasteiger partial charge is 0.456 e. The molecule has 11 atom stereocenters. The molecule has 66 heavy (non-hydrogen) atoms. The van der Waals surface area contributed by atoms with Gasteiger partial charge in [-0.3, -0.25) is 19.2 Å². The monoisotopic (exact) mass is 921 g/mol. The average molecular weight is 922 g/mol. The molecule has 3 aliphatic carbocycles. The number of esters is 4. The fourth-order valence-corrected chi connectivity index (χ4v) is 10.4. The molecule has 4 N–H and O–H groups in total. The van der Waals surface area contributed by atoms with E-state index in [0.717, 1.165) is 26.0 Å². The van der Waals surface area contributed by atoms with Crippen molar-refractivity contribution in [2.45, 2.75) is 114 Å². The number of carbonyl (C=O) groups excluding carboxylic acids is 6. The minimum Gasteiger partial charge on any atom is -0.456 e. The number of benzene rings is 3. The number of hydrogen-bond donors (Lipinski definition) is 4. The zero-order valence-electron chi connectivity index (χ0n) is 36.8. The Morgan fingerprint density at radius 2 is 1.45 bits per heavy atom. The van der Waals surface area contributed by atoms with E-state index in [9.17, 15) is 52.5 Å². The van der Waals surface area contributed by atoms with Crippen LogP contribution in [0.4, 0.5) is 13.2 Å². The molecule has 352 valence electrons. The van der Waals surface area contributed by atoms with Crippen LogP contribution in [0.1, 0.15) is 92.3 Å². The number of aliphatic hydroxyl groups is 3. The topological polar surface area (TPSA) is 221 Å². The zero-order valence-corrected chi connectivity index (χ0v) is 36.8.